The summed E-state index contributed by atoms with van der Waals surface area (Å²) < 4.78 is 47.1. The fourth-order valence-electron chi connectivity index (χ4n) is 4.54. The van der Waals surface area contributed by atoms with Crippen LogP contribution in [0.15, 0.2) is 52.1 Å². The number of carbonyl (C=O) groups excluding carboxylic acids is 1. The maximum atomic E-state index is 13.3. The summed E-state index contributed by atoms with van der Waals surface area (Å²) in [5.74, 6) is 0.542. The van der Waals surface area contributed by atoms with Crippen LogP contribution in [0.4, 0.5) is 5.82 Å². The van der Waals surface area contributed by atoms with Crippen LogP contribution in [0.5, 0.6) is 11.5 Å². The van der Waals surface area contributed by atoms with Crippen LogP contribution < -0.4 is 19.5 Å². The second-order valence-corrected chi connectivity index (χ2v) is 10.8. The van der Waals surface area contributed by atoms with Gasteiger partial charge in [-0.15, -0.1) is 0 Å². The van der Waals surface area contributed by atoms with Gasteiger partial charge in [-0.3, -0.25) is 14.2 Å². The Kier molecular flexibility index (Phi) is 7.44. The molecule has 0 saturated carbocycles. The van der Waals surface area contributed by atoms with E-state index in [9.17, 15) is 13.2 Å². The van der Waals surface area contributed by atoms with E-state index in [4.69, 9.17) is 14.0 Å². The topological polar surface area (TPSA) is 141 Å². The van der Waals surface area contributed by atoms with Crippen LogP contribution in [0, 0.1) is 0 Å². The van der Waals surface area contributed by atoms with Crippen molar-refractivity contribution in [2.24, 2.45) is 0 Å². The van der Waals surface area contributed by atoms with Gasteiger partial charge in [-0.2, -0.15) is 5.10 Å². The molecular formula is C26H30N6O6S. The number of ether oxygens (including phenoxy) is 2. The highest BCUT2D eigenvalue weighted by atomic mass is 32.2. The minimum Gasteiger partial charge on any atom is -0.496 e. The highest BCUT2D eigenvalue weighted by Gasteiger charge is 2.25. The van der Waals surface area contributed by atoms with Crippen molar-refractivity contribution >= 4 is 32.7 Å². The summed E-state index contributed by atoms with van der Waals surface area (Å²) in [6.45, 7) is 5.14. The van der Waals surface area contributed by atoms with Gasteiger partial charge in [-0.05, 0) is 41.8 Å². The van der Waals surface area contributed by atoms with Gasteiger partial charge in [-0.1, -0.05) is 18.1 Å². The van der Waals surface area contributed by atoms with Gasteiger partial charge in [0, 0.05) is 32.4 Å². The number of aromatic nitrogens is 3. The number of aryl methyl sites for hydroxylation is 1. The Hall–Kier alpha value is -4.10. The summed E-state index contributed by atoms with van der Waals surface area (Å²) in [5.41, 5.74) is 2.47. The molecule has 0 bridgehead atoms. The summed E-state index contributed by atoms with van der Waals surface area (Å²) >= 11 is 0. The van der Waals surface area contributed by atoms with Crippen molar-refractivity contribution in [2.75, 3.05) is 45.1 Å². The molecule has 0 spiro atoms. The number of benzene rings is 2. The first-order valence-electron chi connectivity index (χ1n) is 12.5. The minimum absolute atomic E-state index is 0.000322. The summed E-state index contributed by atoms with van der Waals surface area (Å²) in [5, 5.41) is 11.9. The molecule has 39 heavy (non-hydrogen) atoms. The van der Waals surface area contributed by atoms with Gasteiger partial charge >= 0.3 is 0 Å². The Morgan fingerprint density at radius 3 is 2.59 bits per heavy atom. The standard InChI is InChI=1S/C26H30N6O6S/c1-4-17-5-6-20(36-2)23(13-17)39(34,35)30-25-24-21(37-3)11-18(12-22(24)38-29-25)15-32-16-19(14-28-32)26(33)31-9-7-27-8-10-31/h5-6,11-14,16,27H,4,7-10,15H2,1-3H3,(H,29,30). The van der Waals surface area contributed by atoms with Gasteiger partial charge in [0.2, 0.25) is 0 Å². The number of anilines is 1. The molecule has 1 amide bonds. The minimum atomic E-state index is -4.06. The maximum Gasteiger partial charge on any atom is 0.266 e. The lowest BCUT2D eigenvalue weighted by Crippen LogP contribution is -2.46. The summed E-state index contributed by atoms with van der Waals surface area (Å²) in [7, 11) is -1.16. The molecule has 2 aromatic heterocycles. The number of piperazine rings is 1. The third-order valence-corrected chi connectivity index (χ3v) is 7.96. The second-order valence-electron chi connectivity index (χ2n) is 9.12. The molecule has 12 nitrogen and oxygen atoms in total. The summed E-state index contributed by atoms with van der Waals surface area (Å²) in [6.07, 6.45) is 3.93. The number of nitrogens with one attached hydrogen (secondary N) is 2. The predicted octanol–water partition coefficient (Wildman–Crippen LogP) is 2.50. The first-order chi connectivity index (χ1) is 18.8. The van der Waals surface area contributed by atoms with E-state index in [1.807, 2.05) is 13.0 Å². The molecule has 206 valence electrons. The van der Waals surface area contributed by atoms with Gasteiger partial charge in [-0.25, -0.2) is 8.42 Å². The molecule has 4 aromatic rings. The van der Waals surface area contributed by atoms with Crippen LogP contribution >= 0.6 is 0 Å². The maximum absolute atomic E-state index is 13.3. The van der Waals surface area contributed by atoms with Crippen molar-refractivity contribution in [3.05, 3.63) is 59.4 Å². The predicted molar refractivity (Wildman–Crippen MR) is 144 cm³/mol. The third-order valence-electron chi connectivity index (χ3n) is 6.60. The van der Waals surface area contributed by atoms with Crippen molar-refractivity contribution in [3.63, 3.8) is 0 Å². The van der Waals surface area contributed by atoms with Crippen LogP contribution in [0.3, 0.4) is 0 Å². The molecule has 0 radical (unpaired) electrons. The van der Waals surface area contributed by atoms with E-state index in [1.165, 1.54) is 14.2 Å². The highest BCUT2D eigenvalue weighted by Crippen LogP contribution is 2.36. The van der Waals surface area contributed by atoms with Gasteiger partial charge in [0.1, 0.15) is 21.8 Å². The zero-order chi connectivity index (χ0) is 27.6. The molecule has 1 aliphatic rings. The lowest BCUT2D eigenvalue weighted by Gasteiger charge is -2.26. The molecule has 2 aromatic carbocycles. The highest BCUT2D eigenvalue weighted by molar-refractivity contribution is 7.92. The summed E-state index contributed by atoms with van der Waals surface area (Å²) in [6, 6.07) is 8.51. The van der Waals surface area contributed by atoms with Gasteiger partial charge in [0.15, 0.2) is 11.4 Å². The number of fused-ring (bicyclic) bond motifs is 1. The zero-order valence-corrected chi connectivity index (χ0v) is 22.7. The van der Waals surface area contributed by atoms with Crippen LogP contribution in [0.1, 0.15) is 28.4 Å². The molecule has 1 aliphatic heterocycles. The number of nitrogens with zero attached hydrogens (tertiary/aromatic N) is 4. The third kappa shape index (κ3) is 5.40. The van der Waals surface area contributed by atoms with Crippen molar-refractivity contribution in [3.8, 4) is 11.5 Å². The van der Waals surface area contributed by atoms with E-state index in [2.05, 4.69) is 20.3 Å². The largest absolute Gasteiger partial charge is 0.496 e. The van der Waals surface area contributed by atoms with E-state index in [0.717, 1.165) is 24.2 Å². The fraction of sp³-hybridized carbons (Fsp3) is 0.346. The van der Waals surface area contributed by atoms with Crippen molar-refractivity contribution in [1.82, 2.24) is 25.2 Å². The van der Waals surface area contributed by atoms with Crippen LogP contribution in [-0.4, -0.2) is 74.6 Å². The lowest BCUT2D eigenvalue weighted by molar-refractivity contribution is 0.0735. The van der Waals surface area contributed by atoms with Crippen LogP contribution in [-0.2, 0) is 23.0 Å². The molecule has 5 rings (SSSR count). The monoisotopic (exact) mass is 554 g/mol. The second kappa shape index (κ2) is 10.9. The molecule has 1 fully saturated rings. The number of amides is 1. The average Bonchev–Trinajstić information content (AvgIpc) is 3.59. The Balaban J connectivity index is 1.40. The normalized spacial score (nSPS) is 14.0. The molecular weight excluding hydrogens is 524 g/mol. The zero-order valence-electron chi connectivity index (χ0n) is 21.9. The molecule has 0 unspecified atom stereocenters. The Bertz CT molecular complexity index is 1610. The Morgan fingerprint density at radius 2 is 1.87 bits per heavy atom. The number of hydrogen-bond donors (Lipinski definition) is 2. The molecule has 3 heterocycles. The summed E-state index contributed by atoms with van der Waals surface area (Å²) in [4.78, 5) is 14.6. The molecule has 1 saturated heterocycles. The first kappa shape index (κ1) is 26.5. The number of rotatable bonds is 9. The van der Waals surface area contributed by atoms with Crippen molar-refractivity contribution < 1.29 is 27.2 Å². The molecule has 0 atom stereocenters. The van der Waals surface area contributed by atoms with E-state index in [1.54, 1.807) is 46.2 Å². The van der Waals surface area contributed by atoms with Gasteiger partial charge in [0.25, 0.3) is 15.9 Å². The van der Waals surface area contributed by atoms with E-state index in [-0.39, 0.29) is 22.4 Å². The smallest absolute Gasteiger partial charge is 0.266 e. The van der Waals surface area contributed by atoms with Crippen molar-refractivity contribution in [1.29, 1.82) is 0 Å². The van der Waals surface area contributed by atoms with Gasteiger partial charge in [0.05, 0.1) is 32.5 Å². The van der Waals surface area contributed by atoms with E-state index >= 15 is 0 Å². The SMILES string of the molecule is CCc1ccc(OC)c(S(=O)(=O)Nc2noc3cc(Cn4cc(C(=O)N5CCNCC5)cn4)cc(OC)c23)c1. The van der Waals surface area contributed by atoms with Crippen LogP contribution in [0.25, 0.3) is 11.0 Å². The quantitative estimate of drug-likeness (QED) is 0.319. The number of hydrogen-bond acceptors (Lipinski definition) is 9. The molecule has 0 aliphatic carbocycles. The number of methoxy groups -OCH3 is 2. The van der Waals surface area contributed by atoms with E-state index < -0.39 is 10.0 Å². The fourth-order valence-corrected chi connectivity index (χ4v) is 5.77. The number of sulfonamides is 1. The average molecular weight is 555 g/mol. The molecule has 2 N–H and O–H groups in total. The Morgan fingerprint density at radius 1 is 1.10 bits per heavy atom. The van der Waals surface area contributed by atoms with Crippen LogP contribution in [0.2, 0.25) is 0 Å². The Labute approximate surface area is 225 Å². The number of carbonyl (C=O) groups is 1. The van der Waals surface area contributed by atoms with E-state index in [0.29, 0.717) is 48.3 Å². The lowest BCUT2D eigenvalue weighted by atomic mass is 10.1. The first-order valence-corrected chi connectivity index (χ1v) is 14.0. The molecule has 13 heteroatoms. The van der Waals surface area contributed by atoms with Gasteiger partial charge < -0.3 is 24.2 Å². The van der Waals surface area contributed by atoms with Crippen molar-refractivity contribution in [2.45, 2.75) is 24.8 Å².